The van der Waals surface area contributed by atoms with Crippen molar-refractivity contribution in [2.75, 3.05) is 4.72 Å². The largest absolute Gasteiger partial charge is 0.289 e. The fourth-order valence-corrected chi connectivity index (χ4v) is 1.74. The van der Waals surface area contributed by atoms with Crippen LogP contribution in [0.4, 0.5) is 5.69 Å². The van der Waals surface area contributed by atoms with E-state index < -0.39 is 11.3 Å². The fourth-order valence-electron chi connectivity index (χ4n) is 1.40. The molecule has 0 radical (unpaired) electrons. The van der Waals surface area contributed by atoms with Crippen molar-refractivity contribution >= 4 is 17.0 Å². The molecule has 1 aromatic rings. The van der Waals surface area contributed by atoms with E-state index in [-0.39, 0.29) is 5.41 Å². The molecule has 1 atom stereocenters. The summed E-state index contributed by atoms with van der Waals surface area (Å²) in [6, 6.07) is 7.57. The van der Waals surface area contributed by atoms with E-state index >= 15 is 0 Å². The maximum atomic E-state index is 10.5. The third-order valence-electron chi connectivity index (χ3n) is 1.89. The molecule has 3 nitrogen and oxygen atoms in total. The molecule has 0 saturated heterocycles. The molecule has 4 heteroatoms. The van der Waals surface area contributed by atoms with Gasteiger partial charge in [0, 0.05) is 5.69 Å². The lowest BCUT2D eigenvalue weighted by atomic mass is 9.88. The van der Waals surface area contributed by atoms with E-state index in [2.05, 4.69) is 25.5 Å². The molecule has 0 aliphatic rings. The molecule has 1 aromatic carbocycles. The molecule has 1 unspecified atom stereocenters. The van der Waals surface area contributed by atoms with E-state index in [0.717, 1.165) is 6.42 Å². The smallest absolute Gasteiger partial charge is 0.259 e. The summed E-state index contributed by atoms with van der Waals surface area (Å²) in [5, 5.41) is 0. The van der Waals surface area contributed by atoms with E-state index in [1.165, 1.54) is 5.56 Å². The summed E-state index contributed by atoms with van der Waals surface area (Å²) in [5.41, 5.74) is 2.15. The van der Waals surface area contributed by atoms with Crippen molar-refractivity contribution in [3.05, 3.63) is 29.8 Å². The Bertz CT molecular complexity index is 341. The summed E-state index contributed by atoms with van der Waals surface area (Å²) in [5.74, 6) is 0. The molecule has 84 valence electrons. The molecule has 0 aliphatic heterocycles. The van der Waals surface area contributed by atoms with Crippen molar-refractivity contribution in [2.24, 2.45) is 5.41 Å². The second-order valence-corrected chi connectivity index (χ2v) is 5.49. The Hall–Kier alpha value is -0.870. The van der Waals surface area contributed by atoms with Gasteiger partial charge in [0.15, 0.2) is 0 Å². The molecule has 2 N–H and O–H groups in total. The number of nitrogens with one attached hydrogen (secondary N) is 1. The normalized spacial score (nSPS) is 13.6. The van der Waals surface area contributed by atoms with Crippen LogP contribution < -0.4 is 4.72 Å². The molecule has 0 saturated carbocycles. The first kappa shape index (κ1) is 12.2. The maximum absolute atomic E-state index is 10.5. The lowest BCUT2D eigenvalue weighted by molar-refractivity contribution is 0.411. The molecular weight excluding hydrogens is 210 g/mol. The van der Waals surface area contributed by atoms with Crippen LogP contribution in [0.25, 0.3) is 0 Å². The summed E-state index contributed by atoms with van der Waals surface area (Å²) in [7, 11) is 0. The summed E-state index contributed by atoms with van der Waals surface area (Å²) < 4.78 is 21.5. The zero-order chi connectivity index (χ0) is 11.5. The van der Waals surface area contributed by atoms with Crippen molar-refractivity contribution in [3.8, 4) is 0 Å². The maximum Gasteiger partial charge on any atom is 0.259 e. The third kappa shape index (κ3) is 4.95. The van der Waals surface area contributed by atoms with Gasteiger partial charge in [-0.15, -0.1) is 0 Å². The Morgan fingerprint density at radius 3 is 2.20 bits per heavy atom. The Balaban J connectivity index is 2.68. The Labute approximate surface area is 93.3 Å². The highest BCUT2D eigenvalue weighted by Gasteiger charge is 2.10. The van der Waals surface area contributed by atoms with E-state index in [9.17, 15) is 4.21 Å². The van der Waals surface area contributed by atoms with Crippen LogP contribution in [0.3, 0.4) is 0 Å². The van der Waals surface area contributed by atoms with Crippen LogP contribution >= 0.6 is 0 Å². The lowest BCUT2D eigenvalue weighted by Crippen LogP contribution is -2.09. The Morgan fingerprint density at radius 2 is 1.80 bits per heavy atom. The topological polar surface area (TPSA) is 49.3 Å². The SMILES string of the molecule is CC(C)(C)Cc1ccc(NS(=O)O)cc1. The van der Waals surface area contributed by atoms with Crippen LogP contribution in [0.2, 0.25) is 0 Å². The van der Waals surface area contributed by atoms with Crippen molar-refractivity contribution in [1.29, 1.82) is 0 Å². The zero-order valence-electron chi connectivity index (χ0n) is 9.28. The monoisotopic (exact) mass is 227 g/mol. The zero-order valence-corrected chi connectivity index (χ0v) is 10.1. The number of rotatable bonds is 3. The molecule has 0 heterocycles. The first-order valence-corrected chi connectivity index (χ1v) is 5.94. The van der Waals surface area contributed by atoms with Gasteiger partial charge in [-0.05, 0) is 29.5 Å². The van der Waals surface area contributed by atoms with E-state index in [4.69, 9.17) is 4.55 Å². The predicted molar refractivity (Wildman–Crippen MR) is 64.0 cm³/mol. The van der Waals surface area contributed by atoms with Crippen LogP contribution in [0.15, 0.2) is 24.3 Å². The van der Waals surface area contributed by atoms with Gasteiger partial charge in [-0.25, -0.2) is 4.21 Å². The molecule has 0 amide bonds. The van der Waals surface area contributed by atoms with Gasteiger partial charge < -0.3 is 0 Å². The van der Waals surface area contributed by atoms with Crippen LogP contribution in [-0.4, -0.2) is 8.76 Å². The van der Waals surface area contributed by atoms with Crippen LogP contribution in [0.1, 0.15) is 26.3 Å². The second kappa shape index (κ2) is 4.77. The number of hydrogen-bond acceptors (Lipinski definition) is 1. The number of anilines is 1. The van der Waals surface area contributed by atoms with Gasteiger partial charge in [0.2, 0.25) is 0 Å². The minimum Gasteiger partial charge on any atom is -0.289 e. The lowest BCUT2D eigenvalue weighted by Gasteiger charge is -2.18. The van der Waals surface area contributed by atoms with Gasteiger partial charge in [0.25, 0.3) is 11.3 Å². The summed E-state index contributed by atoms with van der Waals surface area (Å²) >= 11 is -1.99. The molecule has 15 heavy (non-hydrogen) atoms. The average molecular weight is 227 g/mol. The van der Waals surface area contributed by atoms with Gasteiger partial charge in [-0.3, -0.25) is 9.27 Å². The highest BCUT2D eigenvalue weighted by molar-refractivity contribution is 7.80. The highest BCUT2D eigenvalue weighted by Crippen LogP contribution is 2.21. The van der Waals surface area contributed by atoms with Crippen molar-refractivity contribution in [1.82, 2.24) is 0 Å². The Morgan fingerprint density at radius 1 is 1.27 bits per heavy atom. The predicted octanol–water partition coefficient (Wildman–Crippen LogP) is 2.82. The first-order chi connectivity index (χ1) is 6.87. The number of benzene rings is 1. The standard InChI is InChI=1S/C11H17NO2S/c1-11(2,3)8-9-4-6-10(7-5-9)12-15(13)14/h4-7,12H,8H2,1-3H3,(H,13,14). The molecule has 0 bridgehead atoms. The summed E-state index contributed by atoms with van der Waals surface area (Å²) in [6.07, 6.45) is 0.996. The van der Waals surface area contributed by atoms with Crippen LogP contribution in [0.5, 0.6) is 0 Å². The minimum atomic E-state index is -1.99. The second-order valence-electron chi connectivity index (χ2n) is 4.79. The highest BCUT2D eigenvalue weighted by atomic mass is 32.2. The summed E-state index contributed by atoms with van der Waals surface area (Å²) in [6.45, 7) is 6.55. The molecule has 0 aliphatic carbocycles. The molecule has 0 aromatic heterocycles. The van der Waals surface area contributed by atoms with E-state index in [0.29, 0.717) is 5.69 Å². The third-order valence-corrected chi connectivity index (χ3v) is 2.30. The molecule has 0 spiro atoms. The first-order valence-electron chi connectivity index (χ1n) is 4.83. The van der Waals surface area contributed by atoms with Crippen LogP contribution in [0, 0.1) is 5.41 Å². The van der Waals surface area contributed by atoms with Crippen LogP contribution in [-0.2, 0) is 17.7 Å². The van der Waals surface area contributed by atoms with Gasteiger partial charge >= 0.3 is 0 Å². The molecular formula is C11H17NO2S. The van der Waals surface area contributed by atoms with E-state index in [1.54, 1.807) is 0 Å². The average Bonchev–Trinajstić information content (AvgIpc) is 2.05. The van der Waals surface area contributed by atoms with E-state index in [1.807, 2.05) is 24.3 Å². The molecule has 0 fully saturated rings. The van der Waals surface area contributed by atoms with Crippen molar-refractivity contribution in [2.45, 2.75) is 27.2 Å². The van der Waals surface area contributed by atoms with Gasteiger partial charge in [0.05, 0.1) is 0 Å². The van der Waals surface area contributed by atoms with Crippen molar-refractivity contribution in [3.63, 3.8) is 0 Å². The van der Waals surface area contributed by atoms with Crippen molar-refractivity contribution < 1.29 is 8.76 Å². The van der Waals surface area contributed by atoms with Gasteiger partial charge in [-0.1, -0.05) is 32.9 Å². The Kier molecular flexibility index (Phi) is 3.88. The fraction of sp³-hybridized carbons (Fsp3) is 0.455. The summed E-state index contributed by atoms with van der Waals surface area (Å²) in [4.78, 5) is 0. The number of hydrogen-bond donors (Lipinski definition) is 2. The van der Waals surface area contributed by atoms with Gasteiger partial charge in [0.1, 0.15) is 0 Å². The van der Waals surface area contributed by atoms with Gasteiger partial charge in [-0.2, -0.15) is 0 Å². The minimum absolute atomic E-state index is 0.259. The quantitative estimate of drug-likeness (QED) is 0.780. The molecule has 1 rings (SSSR count).